The molecule has 2 N–H and O–H groups in total. The van der Waals surface area contributed by atoms with Crippen molar-refractivity contribution in [2.75, 3.05) is 6.54 Å². The molecular weight excluding hydrogens is 309 g/mol. The topological polar surface area (TPSA) is 71.8 Å². The monoisotopic (exact) mass is 323 g/mol. The highest BCUT2D eigenvalue weighted by molar-refractivity contribution is 6.30. The van der Waals surface area contributed by atoms with Crippen LogP contribution in [0.4, 0.5) is 4.39 Å². The molecule has 2 atom stereocenters. The Labute approximate surface area is 131 Å². The van der Waals surface area contributed by atoms with Gasteiger partial charge in [-0.25, -0.2) is 14.1 Å². The first-order valence-electron chi connectivity index (χ1n) is 6.92. The van der Waals surface area contributed by atoms with Crippen molar-refractivity contribution in [3.05, 3.63) is 41.4 Å². The van der Waals surface area contributed by atoms with Crippen molar-refractivity contribution < 1.29 is 9.18 Å². The van der Waals surface area contributed by atoms with E-state index in [0.29, 0.717) is 5.02 Å². The lowest BCUT2D eigenvalue weighted by molar-refractivity contribution is -0.123. The molecule has 116 valence electrons. The third kappa shape index (κ3) is 3.26. The van der Waals surface area contributed by atoms with Crippen LogP contribution < -0.4 is 10.6 Å². The second-order valence-corrected chi connectivity index (χ2v) is 5.56. The van der Waals surface area contributed by atoms with E-state index in [4.69, 9.17) is 11.6 Å². The van der Waals surface area contributed by atoms with Crippen LogP contribution in [-0.4, -0.2) is 39.4 Å². The zero-order valence-electron chi connectivity index (χ0n) is 11.7. The van der Waals surface area contributed by atoms with Gasteiger partial charge in [0.05, 0.1) is 11.7 Å². The third-order valence-electron chi connectivity index (χ3n) is 3.55. The minimum atomic E-state index is -0.965. The predicted octanol–water partition coefficient (Wildman–Crippen LogP) is 1.24. The second kappa shape index (κ2) is 6.41. The van der Waals surface area contributed by atoms with Gasteiger partial charge < -0.3 is 10.6 Å². The average molecular weight is 324 g/mol. The Hall–Kier alpha value is -1.99. The summed E-state index contributed by atoms with van der Waals surface area (Å²) >= 11 is 6.02. The van der Waals surface area contributed by atoms with Crippen molar-refractivity contribution in [3.63, 3.8) is 0 Å². The third-order valence-corrected chi connectivity index (χ3v) is 3.79. The molecule has 2 heterocycles. The van der Waals surface area contributed by atoms with E-state index in [1.165, 1.54) is 6.33 Å². The lowest BCUT2D eigenvalue weighted by Gasteiger charge is -2.13. The van der Waals surface area contributed by atoms with Crippen LogP contribution in [0.15, 0.2) is 30.9 Å². The minimum Gasteiger partial charge on any atom is -0.351 e. The van der Waals surface area contributed by atoms with Crippen molar-refractivity contribution in [1.82, 2.24) is 25.4 Å². The standard InChI is InChI=1S/C14H15ClFN5O/c15-10-1-2-13(21-8-17-7-20-21)9(3-10)5-19-14(22)12-4-11(16)6-18-12/h1-3,7-8,11-12,18H,4-6H2,(H,19,22). The van der Waals surface area contributed by atoms with Gasteiger partial charge in [-0.1, -0.05) is 11.6 Å². The first kappa shape index (κ1) is 14.9. The maximum absolute atomic E-state index is 13.1. The molecule has 22 heavy (non-hydrogen) atoms. The van der Waals surface area contributed by atoms with Crippen molar-refractivity contribution >= 4 is 17.5 Å². The number of aromatic nitrogens is 3. The number of carbonyl (C=O) groups excluding carboxylic acids is 1. The Bertz CT molecular complexity index is 663. The van der Waals surface area contributed by atoms with Gasteiger partial charge in [0, 0.05) is 24.5 Å². The van der Waals surface area contributed by atoms with Crippen LogP contribution in [-0.2, 0) is 11.3 Å². The minimum absolute atomic E-state index is 0.206. The Morgan fingerprint density at radius 3 is 3.09 bits per heavy atom. The molecule has 8 heteroatoms. The number of nitrogens with one attached hydrogen (secondary N) is 2. The van der Waals surface area contributed by atoms with E-state index in [9.17, 15) is 9.18 Å². The summed E-state index contributed by atoms with van der Waals surface area (Å²) in [6.45, 7) is 0.503. The van der Waals surface area contributed by atoms with Crippen LogP contribution in [0.5, 0.6) is 0 Å². The van der Waals surface area contributed by atoms with Crippen LogP contribution in [0.25, 0.3) is 5.69 Å². The highest BCUT2D eigenvalue weighted by atomic mass is 35.5. The Morgan fingerprint density at radius 1 is 1.55 bits per heavy atom. The van der Waals surface area contributed by atoms with Gasteiger partial charge >= 0.3 is 0 Å². The number of benzene rings is 1. The number of hydrogen-bond donors (Lipinski definition) is 2. The fourth-order valence-electron chi connectivity index (χ4n) is 2.45. The molecule has 1 fully saturated rings. The first-order chi connectivity index (χ1) is 10.6. The molecule has 1 amide bonds. The molecule has 1 aliphatic rings. The molecule has 0 bridgehead atoms. The average Bonchev–Trinajstić information content (AvgIpc) is 3.16. The van der Waals surface area contributed by atoms with E-state index < -0.39 is 12.2 Å². The van der Waals surface area contributed by atoms with E-state index in [2.05, 4.69) is 20.7 Å². The summed E-state index contributed by atoms with van der Waals surface area (Å²) in [5.74, 6) is -0.218. The molecular formula is C14H15ClFN5O. The zero-order chi connectivity index (χ0) is 15.5. The summed E-state index contributed by atoms with van der Waals surface area (Å²) in [6.07, 6.45) is 2.24. The molecule has 6 nitrogen and oxygen atoms in total. The van der Waals surface area contributed by atoms with E-state index >= 15 is 0 Å². The van der Waals surface area contributed by atoms with Gasteiger partial charge in [-0.15, -0.1) is 0 Å². The smallest absolute Gasteiger partial charge is 0.237 e. The van der Waals surface area contributed by atoms with Gasteiger partial charge in [-0.2, -0.15) is 5.10 Å². The number of halogens is 2. The molecule has 0 radical (unpaired) electrons. The molecule has 2 aromatic rings. The molecule has 1 saturated heterocycles. The van der Waals surface area contributed by atoms with E-state index in [0.717, 1.165) is 11.3 Å². The highest BCUT2D eigenvalue weighted by Gasteiger charge is 2.29. The molecule has 1 aromatic carbocycles. The lowest BCUT2D eigenvalue weighted by atomic mass is 10.1. The first-order valence-corrected chi connectivity index (χ1v) is 7.30. The zero-order valence-corrected chi connectivity index (χ0v) is 12.4. The lowest BCUT2D eigenvalue weighted by Crippen LogP contribution is -2.40. The van der Waals surface area contributed by atoms with Crippen LogP contribution in [0.2, 0.25) is 5.02 Å². The maximum Gasteiger partial charge on any atom is 0.237 e. The summed E-state index contributed by atoms with van der Waals surface area (Å²) in [6, 6.07) is 4.84. The summed E-state index contributed by atoms with van der Waals surface area (Å²) in [5, 5.41) is 10.3. The van der Waals surface area contributed by atoms with Crippen molar-refractivity contribution in [2.45, 2.75) is 25.2 Å². The van der Waals surface area contributed by atoms with Crippen molar-refractivity contribution in [2.24, 2.45) is 0 Å². The molecule has 1 aliphatic heterocycles. The molecule has 1 aromatic heterocycles. The van der Waals surface area contributed by atoms with Crippen molar-refractivity contribution in [3.8, 4) is 5.69 Å². The number of alkyl halides is 1. The maximum atomic E-state index is 13.1. The van der Waals surface area contributed by atoms with E-state index in [1.54, 1.807) is 23.1 Å². The van der Waals surface area contributed by atoms with Crippen LogP contribution in [0.1, 0.15) is 12.0 Å². The summed E-state index contributed by atoms with van der Waals surface area (Å²) in [4.78, 5) is 15.9. The van der Waals surface area contributed by atoms with Gasteiger partial charge in [0.2, 0.25) is 5.91 Å². The number of hydrogen-bond acceptors (Lipinski definition) is 4. The normalized spacial score (nSPS) is 21.0. The van der Waals surface area contributed by atoms with Gasteiger partial charge in [0.25, 0.3) is 0 Å². The quantitative estimate of drug-likeness (QED) is 0.888. The number of amides is 1. The van der Waals surface area contributed by atoms with Crippen LogP contribution in [0, 0.1) is 0 Å². The molecule has 3 rings (SSSR count). The molecule has 2 unspecified atom stereocenters. The van der Waals surface area contributed by atoms with Crippen molar-refractivity contribution in [1.29, 1.82) is 0 Å². The highest BCUT2D eigenvalue weighted by Crippen LogP contribution is 2.19. The van der Waals surface area contributed by atoms with Crippen LogP contribution in [0.3, 0.4) is 0 Å². The molecule has 0 spiro atoms. The SMILES string of the molecule is O=C(NCc1cc(Cl)ccc1-n1cncn1)C1CC(F)CN1. The Morgan fingerprint density at radius 2 is 2.41 bits per heavy atom. The van der Waals surface area contributed by atoms with E-state index in [1.807, 2.05) is 6.07 Å². The summed E-state index contributed by atoms with van der Waals surface area (Å²) in [7, 11) is 0. The summed E-state index contributed by atoms with van der Waals surface area (Å²) in [5.41, 5.74) is 1.59. The summed E-state index contributed by atoms with van der Waals surface area (Å²) < 4.78 is 14.7. The van der Waals surface area contributed by atoms with Gasteiger partial charge in [-0.05, 0) is 23.8 Å². The fourth-order valence-corrected chi connectivity index (χ4v) is 2.64. The number of nitrogens with zero attached hydrogens (tertiary/aromatic N) is 3. The fraction of sp³-hybridized carbons (Fsp3) is 0.357. The molecule has 0 aliphatic carbocycles. The number of carbonyl (C=O) groups is 1. The van der Waals surface area contributed by atoms with Gasteiger partial charge in [0.1, 0.15) is 18.8 Å². The van der Waals surface area contributed by atoms with Gasteiger partial charge in [0.15, 0.2) is 0 Å². The Balaban J connectivity index is 1.72. The predicted molar refractivity (Wildman–Crippen MR) is 79.5 cm³/mol. The second-order valence-electron chi connectivity index (χ2n) is 5.12. The van der Waals surface area contributed by atoms with E-state index in [-0.39, 0.29) is 25.4 Å². The van der Waals surface area contributed by atoms with Gasteiger partial charge in [-0.3, -0.25) is 4.79 Å². The molecule has 0 saturated carbocycles. The largest absolute Gasteiger partial charge is 0.351 e. The Kier molecular flexibility index (Phi) is 4.35. The number of rotatable bonds is 4. The van der Waals surface area contributed by atoms with Crippen LogP contribution >= 0.6 is 11.6 Å².